The first-order chi connectivity index (χ1) is 14.0. The molecule has 2 amide bonds. The van der Waals surface area contributed by atoms with Crippen LogP contribution in [0.25, 0.3) is 0 Å². The number of piperazine rings is 1. The van der Waals surface area contributed by atoms with Crippen molar-refractivity contribution in [3.8, 4) is 0 Å². The molecule has 0 spiro atoms. The van der Waals surface area contributed by atoms with E-state index in [9.17, 15) is 4.79 Å². The van der Waals surface area contributed by atoms with Gasteiger partial charge in [-0.3, -0.25) is 0 Å². The zero-order chi connectivity index (χ0) is 20.4. The Morgan fingerprint density at radius 1 is 0.897 bits per heavy atom. The van der Waals surface area contributed by atoms with Crippen molar-refractivity contribution in [2.75, 3.05) is 54.4 Å². The molecule has 0 aliphatic carbocycles. The minimum absolute atomic E-state index is 0.0421. The van der Waals surface area contributed by atoms with E-state index in [4.69, 9.17) is 4.98 Å². The Morgan fingerprint density at radius 2 is 1.62 bits per heavy atom. The summed E-state index contributed by atoms with van der Waals surface area (Å²) >= 11 is 0. The first-order valence-corrected chi connectivity index (χ1v) is 10.5. The molecule has 154 valence electrons. The summed E-state index contributed by atoms with van der Waals surface area (Å²) in [6.45, 7) is 11.0. The zero-order valence-electron chi connectivity index (χ0n) is 17.6. The van der Waals surface area contributed by atoms with Gasteiger partial charge in [-0.1, -0.05) is 17.7 Å². The Labute approximate surface area is 172 Å². The van der Waals surface area contributed by atoms with Gasteiger partial charge >= 0.3 is 6.03 Å². The summed E-state index contributed by atoms with van der Waals surface area (Å²) in [4.78, 5) is 28.6. The van der Waals surface area contributed by atoms with Gasteiger partial charge in [-0.15, -0.1) is 0 Å². The second-order valence-corrected chi connectivity index (χ2v) is 8.08. The topological polar surface area (TPSA) is 64.6 Å². The van der Waals surface area contributed by atoms with Gasteiger partial charge in [0.25, 0.3) is 0 Å². The van der Waals surface area contributed by atoms with Crippen LogP contribution in [0.3, 0.4) is 0 Å². The van der Waals surface area contributed by atoms with Gasteiger partial charge in [0.05, 0.1) is 0 Å². The van der Waals surface area contributed by atoms with Crippen LogP contribution >= 0.6 is 0 Å². The Kier molecular flexibility index (Phi) is 5.56. The van der Waals surface area contributed by atoms with Crippen LogP contribution in [-0.2, 0) is 0 Å². The minimum atomic E-state index is -0.0421. The molecule has 0 radical (unpaired) electrons. The summed E-state index contributed by atoms with van der Waals surface area (Å²) in [5.41, 5.74) is 4.15. The van der Waals surface area contributed by atoms with Crippen molar-refractivity contribution in [2.45, 2.75) is 33.6 Å². The quantitative estimate of drug-likeness (QED) is 0.865. The van der Waals surface area contributed by atoms with Gasteiger partial charge in [0.2, 0.25) is 5.95 Å². The summed E-state index contributed by atoms with van der Waals surface area (Å²) in [7, 11) is 0. The molecular weight excluding hydrogens is 364 g/mol. The number of amides is 2. The van der Waals surface area contributed by atoms with Crippen molar-refractivity contribution in [2.24, 2.45) is 0 Å². The molecule has 0 saturated carbocycles. The molecule has 29 heavy (non-hydrogen) atoms. The lowest BCUT2D eigenvalue weighted by atomic mass is 10.1. The summed E-state index contributed by atoms with van der Waals surface area (Å²) in [5.74, 6) is 1.81. The SMILES string of the molecule is Cc1ccc(NC(=O)N2CCN(c3nc(C)cc(N4CCCC4)n3)CC2)c(C)c1. The molecule has 1 N–H and O–H groups in total. The molecule has 1 aromatic heterocycles. The molecule has 2 aromatic rings. The first kappa shape index (κ1) is 19.5. The molecule has 2 aliphatic rings. The highest BCUT2D eigenvalue weighted by Crippen LogP contribution is 2.22. The third-order valence-electron chi connectivity index (χ3n) is 5.73. The maximum Gasteiger partial charge on any atom is 0.321 e. The second-order valence-electron chi connectivity index (χ2n) is 8.08. The maximum absolute atomic E-state index is 12.7. The van der Waals surface area contributed by atoms with E-state index in [1.807, 2.05) is 30.9 Å². The van der Waals surface area contributed by atoms with Gasteiger partial charge in [-0.2, -0.15) is 4.98 Å². The van der Waals surface area contributed by atoms with E-state index in [0.717, 1.165) is 54.9 Å². The Morgan fingerprint density at radius 3 is 2.31 bits per heavy atom. The van der Waals surface area contributed by atoms with E-state index < -0.39 is 0 Å². The smallest absolute Gasteiger partial charge is 0.321 e. The van der Waals surface area contributed by atoms with Crippen molar-refractivity contribution in [1.82, 2.24) is 14.9 Å². The van der Waals surface area contributed by atoms with Gasteiger partial charge in [0, 0.05) is 56.7 Å². The number of benzene rings is 1. The van der Waals surface area contributed by atoms with Crippen molar-refractivity contribution < 1.29 is 4.79 Å². The predicted molar refractivity (Wildman–Crippen MR) is 117 cm³/mol. The number of urea groups is 1. The number of rotatable bonds is 3. The van der Waals surface area contributed by atoms with Crippen molar-refractivity contribution >= 4 is 23.5 Å². The van der Waals surface area contributed by atoms with E-state index >= 15 is 0 Å². The normalized spacial score (nSPS) is 17.0. The molecule has 4 rings (SSSR count). The Balaban J connectivity index is 1.38. The number of anilines is 3. The van der Waals surface area contributed by atoms with Gasteiger partial charge in [0.15, 0.2) is 0 Å². The molecule has 2 fully saturated rings. The Hall–Kier alpha value is -2.83. The van der Waals surface area contributed by atoms with Crippen LogP contribution in [0.1, 0.15) is 29.7 Å². The average molecular weight is 395 g/mol. The summed E-state index contributed by atoms with van der Waals surface area (Å²) in [6, 6.07) is 8.11. The highest BCUT2D eigenvalue weighted by atomic mass is 16.2. The average Bonchev–Trinajstić information content (AvgIpc) is 3.25. The third-order valence-corrected chi connectivity index (χ3v) is 5.73. The van der Waals surface area contributed by atoms with Gasteiger partial charge in [0.1, 0.15) is 5.82 Å². The van der Waals surface area contributed by atoms with E-state index in [2.05, 4.69) is 39.2 Å². The number of carbonyl (C=O) groups is 1. The van der Waals surface area contributed by atoms with E-state index in [1.165, 1.54) is 18.4 Å². The summed E-state index contributed by atoms with van der Waals surface area (Å²) in [5, 5.41) is 3.05. The van der Waals surface area contributed by atoms with Crippen LogP contribution in [0.4, 0.5) is 22.2 Å². The Bertz CT molecular complexity index is 885. The van der Waals surface area contributed by atoms with Crippen LogP contribution in [0.2, 0.25) is 0 Å². The molecular formula is C22H30N6O. The second kappa shape index (κ2) is 8.27. The van der Waals surface area contributed by atoms with Crippen molar-refractivity contribution in [3.63, 3.8) is 0 Å². The molecule has 2 aliphatic heterocycles. The van der Waals surface area contributed by atoms with Crippen LogP contribution in [-0.4, -0.2) is 60.2 Å². The fourth-order valence-corrected chi connectivity index (χ4v) is 4.04. The monoisotopic (exact) mass is 394 g/mol. The van der Waals surface area contributed by atoms with Crippen LogP contribution < -0.4 is 15.1 Å². The zero-order valence-corrected chi connectivity index (χ0v) is 17.6. The van der Waals surface area contributed by atoms with Gasteiger partial charge < -0.3 is 20.0 Å². The largest absolute Gasteiger partial charge is 0.356 e. The molecule has 0 atom stereocenters. The molecule has 1 aromatic carbocycles. The van der Waals surface area contributed by atoms with E-state index in [-0.39, 0.29) is 6.03 Å². The molecule has 3 heterocycles. The maximum atomic E-state index is 12.7. The lowest BCUT2D eigenvalue weighted by molar-refractivity contribution is 0.208. The standard InChI is InChI=1S/C22H30N6O/c1-16-6-7-19(17(2)14-16)24-22(29)28-12-10-27(11-13-28)21-23-18(3)15-20(25-21)26-8-4-5-9-26/h6-7,14-15H,4-5,8-13H2,1-3H3,(H,24,29). The highest BCUT2D eigenvalue weighted by Gasteiger charge is 2.24. The van der Waals surface area contributed by atoms with Crippen molar-refractivity contribution in [3.05, 3.63) is 41.1 Å². The lowest BCUT2D eigenvalue weighted by Crippen LogP contribution is -2.50. The summed E-state index contributed by atoms with van der Waals surface area (Å²) in [6.07, 6.45) is 2.46. The number of aromatic nitrogens is 2. The molecule has 7 heteroatoms. The number of nitrogens with zero attached hydrogens (tertiary/aromatic N) is 5. The van der Waals surface area contributed by atoms with Crippen LogP contribution in [0.15, 0.2) is 24.3 Å². The first-order valence-electron chi connectivity index (χ1n) is 10.5. The van der Waals surface area contributed by atoms with Crippen LogP contribution in [0.5, 0.6) is 0 Å². The highest BCUT2D eigenvalue weighted by molar-refractivity contribution is 5.90. The molecule has 2 saturated heterocycles. The molecule has 7 nitrogen and oxygen atoms in total. The van der Waals surface area contributed by atoms with E-state index in [0.29, 0.717) is 13.1 Å². The number of carbonyl (C=O) groups excluding carboxylic acids is 1. The van der Waals surface area contributed by atoms with Crippen molar-refractivity contribution in [1.29, 1.82) is 0 Å². The fraction of sp³-hybridized carbons (Fsp3) is 0.500. The number of hydrogen-bond acceptors (Lipinski definition) is 5. The fourth-order valence-electron chi connectivity index (χ4n) is 4.04. The minimum Gasteiger partial charge on any atom is -0.356 e. The number of aryl methyl sites for hydroxylation is 3. The summed E-state index contributed by atoms with van der Waals surface area (Å²) < 4.78 is 0. The number of hydrogen-bond donors (Lipinski definition) is 1. The predicted octanol–water partition coefficient (Wildman–Crippen LogP) is 3.36. The van der Waals surface area contributed by atoms with E-state index in [1.54, 1.807) is 0 Å². The van der Waals surface area contributed by atoms with Gasteiger partial charge in [-0.05, 0) is 45.2 Å². The molecule has 0 unspecified atom stereocenters. The van der Waals surface area contributed by atoms with Gasteiger partial charge in [-0.25, -0.2) is 9.78 Å². The third kappa shape index (κ3) is 4.44. The number of nitrogens with one attached hydrogen (secondary N) is 1. The van der Waals surface area contributed by atoms with Crippen LogP contribution in [0, 0.1) is 20.8 Å². The molecule has 0 bridgehead atoms. The lowest BCUT2D eigenvalue weighted by Gasteiger charge is -2.35.